The molecular weight excluding hydrogens is 450 g/mol. The highest BCUT2D eigenvalue weighted by molar-refractivity contribution is 6.21. The first kappa shape index (κ1) is 23.6. The molecule has 6 atom stereocenters. The minimum atomic E-state index is -1.73. The number of hydrogen-bond donors (Lipinski definition) is 0. The van der Waals surface area contributed by atoms with E-state index in [9.17, 15) is 24.0 Å². The quantitative estimate of drug-likeness (QED) is 0.231. The summed E-state index contributed by atoms with van der Waals surface area (Å²) in [6.07, 6.45) is -4.62. The van der Waals surface area contributed by atoms with E-state index in [2.05, 4.69) is 6.58 Å². The number of imide groups is 1. The second-order valence-electron chi connectivity index (χ2n) is 7.50. The molecule has 1 aromatic carbocycles. The van der Waals surface area contributed by atoms with Crippen molar-refractivity contribution in [3.05, 3.63) is 48.0 Å². The third-order valence-electron chi connectivity index (χ3n) is 5.03. The lowest BCUT2D eigenvalue weighted by Gasteiger charge is -2.47. The van der Waals surface area contributed by atoms with Gasteiger partial charge >= 0.3 is 17.9 Å². The van der Waals surface area contributed by atoms with E-state index in [1.165, 1.54) is 18.2 Å². The highest BCUT2D eigenvalue weighted by atomic mass is 16.7. The van der Waals surface area contributed by atoms with E-state index in [0.29, 0.717) is 0 Å². The van der Waals surface area contributed by atoms with Crippen molar-refractivity contribution in [1.29, 1.82) is 0 Å². The predicted molar refractivity (Wildman–Crippen MR) is 113 cm³/mol. The Balaban J connectivity index is 2.12. The zero-order valence-electron chi connectivity index (χ0n) is 19.8. The van der Waals surface area contributed by atoms with Crippen LogP contribution in [-0.4, -0.2) is 78.5 Å². The lowest BCUT2D eigenvalue weighted by atomic mass is 9.94. The van der Waals surface area contributed by atoms with Crippen LogP contribution in [0.5, 0.6) is 0 Å². The van der Waals surface area contributed by atoms with Crippen molar-refractivity contribution in [3.63, 3.8) is 0 Å². The first-order valence-corrected chi connectivity index (χ1v) is 10.4. The molecule has 2 heterocycles. The molecule has 0 N–H and O–H groups in total. The number of ether oxygens (including phenoxy) is 5. The molecule has 1 aromatic rings. The second kappa shape index (κ2) is 10.6. The Morgan fingerprint density at radius 3 is 2.09 bits per heavy atom. The molecule has 34 heavy (non-hydrogen) atoms. The van der Waals surface area contributed by atoms with E-state index < -0.39 is 66.9 Å². The van der Waals surface area contributed by atoms with Crippen LogP contribution in [-0.2, 0) is 38.1 Å². The minimum Gasteiger partial charge on any atom is -0.463 e. The number of rotatable bonds is 8. The predicted octanol–water partition coefficient (Wildman–Crippen LogP) is 1.01. The van der Waals surface area contributed by atoms with E-state index in [1.807, 2.05) is 0 Å². The van der Waals surface area contributed by atoms with E-state index in [0.717, 1.165) is 25.7 Å². The maximum Gasteiger partial charge on any atom is 0.303 e. The summed E-state index contributed by atoms with van der Waals surface area (Å²) in [5, 5.41) is 0. The Morgan fingerprint density at radius 1 is 1.03 bits per heavy atom. The molecule has 182 valence electrons. The average molecular weight is 476 g/mol. The molecule has 0 bridgehead atoms. The molecule has 0 unspecified atom stereocenters. The number of carbonyl (C=O) groups is 5. The SMILES string of the molecule is [2H][C@H](OC(C)=O)[C@H]1O[C@@H](OCC=C)[C@H](N2C(=O)c3ccccc3C2=O)[C@@H](OC(C)=O)[C@@H]1OC(C)=O. The van der Waals surface area contributed by atoms with Crippen LogP contribution in [0.4, 0.5) is 0 Å². The summed E-state index contributed by atoms with van der Waals surface area (Å²) in [6, 6.07) is 4.68. The molecule has 2 aliphatic rings. The zero-order valence-corrected chi connectivity index (χ0v) is 18.8. The lowest BCUT2D eigenvalue weighted by Crippen LogP contribution is -2.67. The van der Waals surface area contributed by atoms with Gasteiger partial charge in [0.15, 0.2) is 18.5 Å². The Morgan fingerprint density at radius 2 is 1.59 bits per heavy atom. The van der Waals surface area contributed by atoms with Crippen LogP contribution >= 0.6 is 0 Å². The summed E-state index contributed by atoms with van der Waals surface area (Å²) in [4.78, 5) is 62.9. The molecule has 0 radical (unpaired) electrons. The third kappa shape index (κ3) is 5.15. The van der Waals surface area contributed by atoms with E-state index >= 15 is 0 Å². The van der Waals surface area contributed by atoms with Gasteiger partial charge in [-0.3, -0.25) is 28.9 Å². The number of carbonyl (C=O) groups excluding carboxylic acids is 5. The van der Waals surface area contributed by atoms with Crippen LogP contribution in [0, 0.1) is 0 Å². The number of hydrogen-bond acceptors (Lipinski definition) is 10. The van der Waals surface area contributed by atoms with E-state index in [-0.39, 0.29) is 17.7 Å². The molecule has 1 saturated heterocycles. The summed E-state index contributed by atoms with van der Waals surface area (Å²) < 4.78 is 35.4. The molecule has 0 aliphatic carbocycles. The average Bonchev–Trinajstić information content (AvgIpc) is 3.02. The molecule has 11 nitrogen and oxygen atoms in total. The summed E-state index contributed by atoms with van der Waals surface area (Å²) in [5.74, 6) is -3.88. The second-order valence-corrected chi connectivity index (χ2v) is 7.50. The van der Waals surface area contributed by atoms with Gasteiger partial charge in [-0.2, -0.15) is 0 Å². The van der Waals surface area contributed by atoms with Gasteiger partial charge in [-0.1, -0.05) is 18.2 Å². The molecule has 0 saturated carbocycles. The summed E-state index contributed by atoms with van der Waals surface area (Å²) in [6.45, 7) is 4.94. The van der Waals surface area contributed by atoms with Gasteiger partial charge in [0, 0.05) is 20.8 Å². The fourth-order valence-electron chi connectivity index (χ4n) is 3.82. The van der Waals surface area contributed by atoms with Gasteiger partial charge < -0.3 is 23.7 Å². The summed E-state index contributed by atoms with van der Waals surface area (Å²) in [5.41, 5.74) is 0.233. The van der Waals surface area contributed by atoms with Gasteiger partial charge in [0.2, 0.25) is 0 Å². The minimum absolute atomic E-state index is 0.113. The van der Waals surface area contributed by atoms with Crippen LogP contribution < -0.4 is 0 Å². The zero-order chi connectivity index (χ0) is 25.9. The lowest BCUT2D eigenvalue weighted by molar-refractivity contribution is -0.283. The van der Waals surface area contributed by atoms with Gasteiger partial charge in [0.1, 0.15) is 18.7 Å². The van der Waals surface area contributed by atoms with E-state index in [1.54, 1.807) is 12.1 Å². The number of esters is 3. The smallest absolute Gasteiger partial charge is 0.303 e. The first-order chi connectivity index (χ1) is 16.6. The van der Waals surface area contributed by atoms with Gasteiger partial charge in [-0.25, -0.2) is 0 Å². The van der Waals surface area contributed by atoms with Crippen LogP contribution in [0.1, 0.15) is 42.9 Å². The molecule has 0 spiro atoms. The van der Waals surface area contributed by atoms with Crippen molar-refractivity contribution in [1.82, 2.24) is 4.90 Å². The van der Waals surface area contributed by atoms with Gasteiger partial charge in [0.05, 0.1) is 19.1 Å². The molecule has 0 aromatic heterocycles. The topological polar surface area (TPSA) is 135 Å². The maximum atomic E-state index is 13.3. The van der Waals surface area contributed by atoms with Crippen LogP contribution in [0.3, 0.4) is 0 Å². The number of amides is 2. The standard InChI is InChI=1S/C23H25NO10/c1-5-10-30-23-18(24-21(28)15-8-6-7-9-16(15)22(24)29)20(33-14(4)27)19(32-13(3)26)17(34-23)11-31-12(2)25/h5-9,17-20,23H,1,10-11H2,2-4H3/t17-,18-,19-,20-,23-/m1/s1/i11D/t11-,17+,18+,19+,20+,23+/m0. The summed E-state index contributed by atoms with van der Waals surface area (Å²) >= 11 is 0. The van der Waals surface area contributed by atoms with E-state index in [4.69, 9.17) is 25.1 Å². The largest absolute Gasteiger partial charge is 0.463 e. The Bertz CT molecular complexity index is 1010. The maximum absolute atomic E-state index is 13.3. The van der Waals surface area contributed by atoms with Gasteiger partial charge in [-0.15, -0.1) is 6.58 Å². The Hall–Kier alpha value is -3.57. The molecular formula is C23H25NO10. The Kier molecular flexibility index (Phi) is 7.33. The molecule has 2 amide bonds. The van der Waals surface area contributed by atoms with Crippen molar-refractivity contribution >= 4 is 29.7 Å². The monoisotopic (exact) mass is 476 g/mol. The van der Waals surface area contributed by atoms with Crippen LogP contribution in [0.25, 0.3) is 0 Å². The molecule has 1 fully saturated rings. The molecule has 3 rings (SSSR count). The third-order valence-corrected chi connectivity index (χ3v) is 5.03. The van der Waals surface area contributed by atoms with Crippen LogP contribution in [0.15, 0.2) is 36.9 Å². The van der Waals surface area contributed by atoms with Crippen LogP contribution in [0.2, 0.25) is 0 Å². The normalized spacial score (nSPS) is 27.3. The van der Waals surface area contributed by atoms with Crippen molar-refractivity contribution in [2.24, 2.45) is 0 Å². The number of nitrogens with zero attached hydrogens (tertiary/aromatic N) is 1. The van der Waals surface area contributed by atoms with Crippen molar-refractivity contribution < 1.29 is 49.0 Å². The van der Waals surface area contributed by atoms with Crippen molar-refractivity contribution in [3.8, 4) is 0 Å². The fraction of sp³-hybridized carbons (Fsp3) is 0.435. The first-order valence-electron chi connectivity index (χ1n) is 10.9. The number of fused-ring (bicyclic) bond motifs is 1. The van der Waals surface area contributed by atoms with Gasteiger partial charge in [0.25, 0.3) is 11.8 Å². The number of benzene rings is 1. The molecule has 11 heteroatoms. The highest BCUT2D eigenvalue weighted by Crippen LogP contribution is 2.35. The molecule has 2 aliphatic heterocycles. The van der Waals surface area contributed by atoms with Gasteiger partial charge in [-0.05, 0) is 12.1 Å². The summed E-state index contributed by atoms with van der Waals surface area (Å²) in [7, 11) is 0. The highest BCUT2D eigenvalue weighted by Gasteiger charge is 2.57. The fourth-order valence-corrected chi connectivity index (χ4v) is 3.82. The van der Waals surface area contributed by atoms with Crippen molar-refractivity contribution in [2.75, 3.05) is 13.2 Å². The van der Waals surface area contributed by atoms with Crippen molar-refractivity contribution in [2.45, 2.75) is 51.4 Å². The Labute approximate surface area is 196 Å².